The maximum Gasteiger partial charge on any atom is 0.322 e. The van der Waals surface area contributed by atoms with Crippen molar-refractivity contribution in [3.8, 4) is 0 Å². The average molecular weight is 342 g/mol. The van der Waals surface area contributed by atoms with E-state index in [-0.39, 0.29) is 12.1 Å². The SMILES string of the molecule is CC[C@@H]1COCCN1C(=O)Nc1cccc(Cn2nc(C)cc2C)c1. The summed E-state index contributed by atoms with van der Waals surface area (Å²) in [4.78, 5) is 14.5. The summed E-state index contributed by atoms with van der Waals surface area (Å²) in [7, 11) is 0. The molecule has 1 atom stereocenters. The molecule has 2 heterocycles. The van der Waals surface area contributed by atoms with Gasteiger partial charge in [-0.15, -0.1) is 0 Å². The van der Waals surface area contributed by atoms with Gasteiger partial charge in [-0.1, -0.05) is 19.1 Å². The van der Waals surface area contributed by atoms with Crippen molar-refractivity contribution < 1.29 is 9.53 Å². The number of aromatic nitrogens is 2. The lowest BCUT2D eigenvalue weighted by atomic mass is 10.2. The highest BCUT2D eigenvalue weighted by Crippen LogP contribution is 2.16. The summed E-state index contributed by atoms with van der Waals surface area (Å²) >= 11 is 0. The van der Waals surface area contributed by atoms with Crippen LogP contribution in [0.3, 0.4) is 0 Å². The molecule has 3 rings (SSSR count). The summed E-state index contributed by atoms with van der Waals surface area (Å²) < 4.78 is 7.45. The van der Waals surface area contributed by atoms with Gasteiger partial charge in [0.1, 0.15) is 0 Å². The van der Waals surface area contributed by atoms with Crippen molar-refractivity contribution in [1.82, 2.24) is 14.7 Å². The number of morpholine rings is 1. The van der Waals surface area contributed by atoms with Crippen LogP contribution < -0.4 is 5.32 Å². The minimum Gasteiger partial charge on any atom is -0.377 e. The molecule has 1 aromatic carbocycles. The van der Waals surface area contributed by atoms with Crippen LogP contribution in [0.25, 0.3) is 0 Å². The Labute approximate surface area is 148 Å². The van der Waals surface area contributed by atoms with Crippen molar-refractivity contribution in [1.29, 1.82) is 0 Å². The number of nitrogens with zero attached hydrogens (tertiary/aromatic N) is 3. The molecule has 1 aliphatic heterocycles. The lowest BCUT2D eigenvalue weighted by molar-refractivity contribution is 0.0144. The van der Waals surface area contributed by atoms with E-state index in [0.717, 1.165) is 29.1 Å². The van der Waals surface area contributed by atoms with E-state index in [2.05, 4.69) is 36.4 Å². The average Bonchev–Trinajstić information content (AvgIpc) is 2.92. The molecule has 6 nitrogen and oxygen atoms in total. The third-order valence-electron chi connectivity index (χ3n) is 4.57. The number of aryl methyl sites for hydroxylation is 2. The van der Waals surface area contributed by atoms with Gasteiger partial charge in [0.05, 0.1) is 31.5 Å². The molecular weight excluding hydrogens is 316 g/mol. The van der Waals surface area contributed by atoms with Crippen LogP contribution in [0.15, 0.2) is 30.3 Å². The Bertz CT molecular complexity index is 741. The second-order valence-corrected chi connectivity index (χ2v) is 6.55. The zero-order chi connectivity index (χ0) is 17.8. The molecule has 0 bridgehead atoms. The molecule has 2 amide bonds. The Morgan fingerprint density at radius 2 is 2.20 bits per heavy atom. The highest BCUT2D eigenvalue weighted by molar-refractivity contribution is 5.89. The lowest BCUT2D eigenvalue weighted by Crippen LogP contribution is -2.50. The number of benzene rings is 1. The van der Waals surface area contributed by atoms with Crippen molar-refractivity contribution in [3.63, 3.8) is 0 Å². The van der Waals surface area contributed by atoms with Crippen molar-refractivity contribution in [2.24, 2.45) is 0 Å². The van der Waals surface area contributed by atoms with E-state index >= 15 is 0 Å². The zero-order valence-corrected chi connectivity index (χ0v) is 15.2. The third-order valence-corrected chi connectivity index (χ3v) is 4.57. The topological polar surface area (TPSA) is 59.4 Å². The maximum atomic E-state index is 12.6. The van der Waals surface area contributed by atoms with Crippen LogP contribution >= 0.6 is 0 Å². The van der Waals surface area contributed by atoms with Crippen molar-refractivity contribution >= 4 is 11.7 Å². The van der Waals surface area contributed by atoms with E-state index < -0.39 is 0 Å². The van der Waals surface area contributed by atoms with E-state index in [1.807, 2.05) is 34.7 Å². The van der Waals surface area contributed by atoms with Gasteiger partial charge in [-0.05, 0) is 44.0 Å². The smallest absolute Gasteiger partial charge is 0.322 e. The summed E-state index contributed by atoms with van der Waals surface area (Å²) in [6, 6.07) is 10.1. The maximum absolute atomic E-state index is 12.6. The van der Waals surface area contributed by atoms with Crippen LogP contribution in [-0.4, -0.2) is 46.5 Å². The van der Waals surface area contributed by atoms with Gasteiger partial charge in [-0.3, -0.25) is 4.68 Å². The van der Waals surface area contributed by atoms with Crippen LogP contribution in [0.5, 0.6) is 0 Å². The number of carbonyl (C=O) groups excluding carboxylic acids is 1. The zero-order valence-electron chi connectivity index (χ0n) is 15.2. The van der Waals surface area contributed by atoms with Gasteiger partial charge in [-0.2, -0.15) is 5.10 Å². The van der Waals surface area contributed by atoms with E-state index in [4.69, 9.17) is 4.74 Å². The quantitative estimate of drug-likeness (QED) is 0.928. The van der Waals surface area contributed by atoms with Crippen LogP contribution in [0.1, 0.15) is 30.3 Å². The van der Waals surface area contributed by atoms with Crippen molar-refractivity contribution in [2.45, 2.75) is 39.8 Å². The highest BCUT2D eigenvalue weighted by Gasteiger charge is 2.25. The van der Waals surface area contributed by atoms with E-state index in [1.165, 1.54) is 0 Å². The number of carbonyl (C=O) groups is 1. The molecule has 134 valence electrons. The monoisotopic (exact) mass is 342 g/mol. The van der Waals surface area contributed by atoms with Gasteiger partial charge in [0, 0.05) is 17.9 Å². The van der Waals surface area contributed by atoms with Gasteiger partial charge in [0.2, 0.25) is 0 Å². The van der Waals surface area contributed by atoms with Crippen molar-refractivity contribution in [2.75, 3.05) is 25.1 Å². The Hall–Kier alpha value is -2.34. The molecule has 1 aromatic heterocycles. The van der Waals surface area contributed by atoms with Crippen LogP contribution in [0, 0.1) is 13.8 Å². The molecule has 0 aliphatic carbocycles. The van der Waals surface area contributed by atoms with Gasteiger partial charge in [-0.25, -0.2) is 4.79 Å². The van der Waals surface area contributed by atoms with Gasteiger partial charge >= 0.3 is 6.03 Å². The molecule has 1 fully saturated rings. The van der Waals surface area contributed by atoms with Crippen LogP contribution in [-0.2, 0) is 11.3 Å². The Balaban J connectivity index is 1.69. The molecule has 25 heavy (non-hydrogen) atoms. The molecule has 6 heteroatoms. The minimum atomic E-state index is -0.0570. The molecule has 0 unspecified atom stereocenters. The number of amides is 2. The predicted octanol–water partition coefficient (Wildman–Crippen LogP) is 3.19. The van der Waals surface area contributed by atoms with E-state index in [0.29, 0.717) is 26.3 Å². The number of rotatable bonds is 4. The standard InChI is InChI=1S/C19H26N4O2/c1-4-18-13-25-9-8-22(18)19(24)20-17-7-5-6-16(11-17)12-23-15(3)10-14(2)21-23/h5-7,10-11,18H,4,8-9,12-13H2,1-3H3,(H,20,24)/t18-/m1/s1. The molecular formula is C19H26N4O2. The molecule has 2 aromatic rings. The summed E-state index contributed by atoms with van der Waals surface area (Å²) in [6.07, 6.45) is 0.894. The number of anilines is 1. The molecule has 0 saturated carbocycles. The first kappa shape index (κ1) is 17.5. The molecule has 0 radical (unpaired) electrons. The fourth-order valence-corrected chi connectivity index (χ4v) is 3.21. The number of urea groups is 1. The summed E-state index contributed by atoms with van der Waals surface area (Å²) in [5.74, 6) is 0. The number of hydrogen-bond donors (Lipinski definition) is 1. The van der Waals surface area contributed by atoms with Gasteiger partial charge in [0.25, 0.3) is 0 Å². The van der Waals surface area contributed by atoms with Gasteiger partial charge < -0.3 is 15.0 Å². The second kappa shape index (κ2) is 7.70. The second-order valence-electron chi connectivity index (χ2n) is 6.55. The molecule has 1 N–H and O–H groups in total. The number of hydrogen-bond acceptors (Lipinski definition) is 3. The third kappa shape index (κ3) is 4.20. The van der Waals surface area contributed by atoms with E-state index in [1.54, 1.807) is 0 Å². The highest BCUT2D eigenvalue weighted by atomic mass is 16.5. The first-order chi connectivity index (χ1) is 12.1. The lowest BCUT2D eigenvalue weighted by Gasteiger charge is -2.35. The predicted molar refractivity (Wildman–Crippen MR) is 97.9 cm³/mol. The summed E-state index contributed by atoms with van der Waals surface area (Å²) in [6.45, 7) is 8.66. The fourth-order valence-electron chi connectivity index (χ4n) is 3.21. The largest absolute Gasteiger partial charge is 0.377 e. The summed E-state index contributed by atoms with van der Waals surface area (Å²) in [5, 5.41) is 7.52. The minimum absolute atomic E-state index is 0.0570. The Kier molecular flexibility index (Phi) is 5.38. The Morgan fingerprint density at radius 1 is 1.36 bits per heavy atom. The molecule has 0 spiro atoms. The summed E-state index contributed by atoms with van der Waals surface area (Å²) in [5.41, 5.74) is 4.06. The normalized spacial score (nSPS) is 17.6. The number of ether oxygens (including phenoxy) is 1. The molecule has 1 aliphatic rings. The fraction of sp³-hybridized carbons (Fsp3) is 0.474. The Morgan fingerprint density at radius 3 is 2.92 bits per heavy atom. The van der Waals surface area contributed by atoms with Gasteiger partial charge in [0.15, 0.2) is 0 Å². The molecule has 1 saturated heterocycles. The van der Waals surface area contributed by atoms with E-state index in [9.17, 15) is 4.79 Å². The van der Waals surface area contributed by atoms with Crippen molar-refractivity contribution in [3.05, 3.63) is 47.3 Å². The number of nitrogens with one attached hydrogen (secondary N) is 1. The first-order valence-electron chi connectivity index (χ1n) is 8.82. The van der Waals surface area contributed by atoms with Crippen LogP contribution in [0.2, 0.25) is 0 Å². The first-order valence-corrected chi connectivity index (χ1v) is 8.82. The van der Waals surface area contributed by atoms with Crippen LogP contribution in [0.4, 0.5) is 10.5 Å².